The van der Waals surface area contributed by atoms with Crippen LogP contribution in [0.1, 0.15) is 30.3 Å². The number of thiazole rings is 1. The lowest BCUT2D eigenvalue weighted by molar-refractivity contribution is -0.117. The average Bonchev–Trinajstić information content (AvgIpc) is 3.10. The van der Waals surface area contributed by atoms with E-state index in [2.05, 4.69) is 22.1 Å². The molecule has 0 atom stereocenters. The van der Waals surface area contributed by atoms with E-state index in [1.165, 1.54) is 10.6 Å². The fourth-order valence-corrected chi connectivity index (χ4v) is 3.18. The summed E-state index contributed by atoms with van der Waals surface area (Å²) in [6.07, 6.45) is 3.10. The summed E-state index contributed by atoms with van der Waals surface area (Å²) in [5.41, 5.74) is 1.19. The van der Waals surface area contributed by atoms with Gasteiger partial charge in [-0.05, 0) is 19.4 Å². The Morgan fingerprint density at radius 2 is 2.41 bits per heavy atom. The van der Waals surface area contributed by atoms with E-state index in [4.69, 9.17) is 0 Å². The molecule has 1 aliphatic carbocycles. The van der Waals surface area contributed by atoms with Crippen LogP contribution < -0.4 is 5.32 Å². The molecule has 1 saturated carbocycles. The van der Waals surface area contributed by atoms with Crippen molar-refractivity contribution in [2.75, 3.05) is 18.4 Å². The summed E-state index contributed by atoms with van der Waals surface area (Å²) in [7, 11) is 0. The highest BCUT2D eigenvalue weighted by Gasteiger charge is 2.30. The van der Waals surface area contributed by atoms with E-state index in [9.17, 15) is 4.79 Å². The van der Waals surface area contributed by atoms with Crippen molar-refractivity contribution >= 4 is 22.4 Å². The number of carbonyl (C=O) groups excluding carboxylic acids is 1. The van der Waals surface area contributed by atoms with Crippen molar-refractivity contribution in [2.45, 2.75) is 32.7 Å². The molecule has 5 heteroatoms. The topological polar surface area (TPSA) is 45.2 Å². The van der Waals surface area contributed by atoms with Gasteiger partial charge in [0.2, 0.25) is 5.91 Å². The predicted molar refractivity (Wildman–Crippen MR) is 68.1 cm³/mol. The molecular formula is C12H17N3OS. The van der Waals surface area contributed by atoms with Gasteiger partial charge in [-0.2, -0.15) is 0 Å². The standard InChI is InChI=1S/C12H17N3OS/c1-2-15-6-5-9-10(7-15)17-12(13-9)14-11(16)8-3-4-8/h8H,2-7H2,1H3,(H,13,14,16). The minimum absolute atomic E-state index is 0.156. The molecule has 0 unspecified atom stereocenters. The molecule has 1 aromatic heterocycles. The lowest BCUT2D eigenvalue weighted by Crippen LogP contribution is -2.29. The number of anilines is 1. The van der Waals surface area contributed by atoms with Crippen molar-refractivity contribution in [2.24, 2.45) is 5.92 Å². The van der Waals surface area contributed by atoms with Gasteiger partial charge in [0.15, 0.2) is 5.13 Å². The molecule has 1 fully saturated rings. The number of rotatable bonds is 3. The fourth-order valence-electron chi connectivity index (χ4n) is 2.12. The van der Waals surface area contributed by atoms with Gasteiger partial charge in [-0.3, -0.25) is 9.69 Å². The molecule has 2 aliphatic rings. The van der Waals surface area contributed by atoms with Crippen LogP contribution in [-0.2, 0) is 17.8 Å². The Balaban J connectivity index is 1.70. The summed E-state index contributed by atoms with van der Waals surface area (Å²) in [6.45, 7) is 5.34. The van der Waals surface area contributed by atoms with Crippen molar-refractivity contribution < 1.29 is 4.79 Å². The van der Waals surface area contributed by atoms with Crippen molar-refractivity contribution in [3.8, 4) is 0 Å². The van der Waals surface area contributed by atoms with Gasteiger partial charge in [0.05, 0.1) is 5.69 Å². The first-order valence-electron chi connectivity index (χ1n) is 6.28. The van der Waals surface area contributed by atoms with E-state index >= 15 is 0 Å². The first kappa shape index (κ1) is 11.2. The van der Waals surface area contributed by atoms with E-state index in [-0.39, 0.29) is 11.8 Å². The zero-order valence-electron chi connectivity index (χ0n) is 10.0. The number of likely N-dealkylation sites (N-methyl/N-ethyl adjacent to an activating group) is 1. The summed E-state index contributed by atoms with van der Waals surface area (Å²) in [4.78, 5) is 19.9. The second-order valence-corrected chi connectivity index (χ2v) is 5.85. The van der Waals surface area contributed by atoms with Crippen LogP contribution in [0.3, 0.4) is 0 Å². The maximum absolute atomic E-state index is 11.7. The summed E-state index contributed by atoms with van der Waals surface area (Å²) in [5.74, 6) is 0.409. The van der Waals surface area contributed by atoms with Gasteiger partial charge < -0.3 is 5.32 Å². The van der Waals surface area contributed by atoms with Gasteiger partial charge >= 0.3 is 0 Å². The quantitative estimate of drug-likeness (QED) is 0.892. The molecule has 1 aliphatic heterocycles. The molecule has 3 rings (SSSR count). The van der Waals surface area contributed by atoms with Crippen LogP contribution in [0.5, 0.6) is 0 Å². The molecule has 0 spiro atoms. The zero-order valence-corrected chi connectivity index (χ0v) is 10.8. The molecule has 2 heterocycles. The summed E-state index contributed by atoms with van der Waals surface area (Å²) >= 11 is 1.64. The Bertz CT molecular complexity index is 439. The Hall–Kier alpha value is -0.940. The normalized spacial score (nSPS) is 20.1. The highest BCUT2D eigenvalue weighted by Crippen LogP contribution is 2.32. The van der Waals surface area contributed by atoms with Crippen LogP contribution in [0, 0.1) is 5.92 Å². The minimum atomic E-state index is 0.156. The molecule has 0 aromatic carbocycles. The lowest BCUT2D eigenvalue weighted by Gasteiger charge is -2.23. The Morgan fingerprint density at radius 3 is 3.12 bits per heavy atom. The van der Waals surface area contributed by atoms with Crippen molar-refractivity contribution in [1.29, 1.82) is 0 Å². The smallest absolute Gasteiger partial charge is 0.229 e. The number of fused-ring (bicyclic) bond motifs is 1. The highest BCUT2D eigenvalue weighted by molar-refractivity contribution is 7.15. The van der Waals surface area contributed by atoms with Crippen LogP contribution in [-0.4, -0.2) is 28.9 Å². The van der Waals surface area contributed by atoms with E-state index < -0.39 is 0 Å². The highest BCUT2D eigenvalue weighted by atomic mass is 32.1. The third kappa shape index (κ3) is 2.35. The largest absolute Gasteiger partial charge is 0.302 e. The van der Waals surface area contributed by atoms with Crippen LogP contribution in [0.4, 0.5) is 5.13 Å². The molecular weight excluding hydrogens is 234 g/mol. The number of nitrogens with zero attached hydrogens (tertiary/aromatic N) is 2. The average molecular weight is 251 g/mol. The summed E-state index contributed by atoms with van der Waals surface area (Å²) < 4.78 is 0. The Kier molecular flexibility index (Phi) is 2.88. The number of aromatic nitrogens is 1. The van der Waals surface area contributed by atoms with Crippen molar-refractivity contribution in [1.82, 2.24) is 9.88 Å². The molecule has 17 heavy (non-hydrogen) atoms. The number of hydrogen-bond donors (Lipinski definition) is 1. The first-order valence-corrected chi connectivity index (χ1v) is 7.09. The second kappa shape index (κ2) is 4.38. The van der Waals surface area contributed by atoms with Gasteiger partial charge in [-0.25, -0.2) is 4.98 Å². The van der Waals surface area contributed by atoms with Crippen molar-refractivity contribution in [3.05, 3.63) is 10.6 Å². The Morgan fingerprint density at radius 1 is 1.59 bits per heavy atom. The van der Waals surface area contributed by atoms with Crippen LogP contribution >= 0.6 is 11.3 Å². The van der Waals surface area contributed by atoms with E-state index in [0.29, 0.717) is 0 Å². The van der Waals surface area contributed by atoms with E-state index in [0.717, 1.165) is 44.0 Å². The Labute approximate surface area is 105 Å². The molecule has 1 N–H and O–H groups in total. The van der Waals surface area contributed by atoms with E-state index in [1.54, 1.807) is 11.3 Å². The number of amides is 1. The third-order valence-corrected chi connectivity index (χ3v) is 4.43. The van der Waals surface area contributed by atoms with Gasteiger partial charge in [-0.1, -0.05) is 6.92 Å². The number of carbonyl (C=O) groups is 1. The van der Waals surface area contributed by atoms with Gasteiger partial charge in [0.1, 0.15) is 0 Å². The third-order valence-electron chi connectivity index (χ3n) is 3.44. The number of nitrogens with one attached hydrogen (secondary N) is 1. The molecule has 0 saturated heterocycles. The molecule has 0 radical (unpaired) electrons. The van der Waals surface area contributed by atoms with Gasteiger partial charge in [-0.15, -0.1) is 11.3 Å². The maximum Gasteiger partial charge on any atom is 0.229 e. The van der Waals surface area contributed by atoms with Gasteiger partial charge in [0, 0.05) is 30.3 Å². The molecule has 1 aromatic rings. The van der Waals surface area contributed by atoms with Gasteiger partial charge in [0.25, 0.3) is 0 Å². The second-order valence-electron chi connectivity index (χ2n) is 4.77. The minimum Gasteiger partial charge on any atom is -0.302 e. The first-order chi connectivity index (χ1) is 8.26. The maximum atomic E-state index is 11.7. The summed E-state index contributed by atoms with van der Waals surface area (Å²) in [5, 5.41) is 3.74. The summed E-state index contributed by atoms with van der Waals surface area (Å²) in [6, 6.07) is 0. The van der Waals surface area contributed by atoms with Crippen molar-refractivity contribution in [3.63, 3.8) is 0 Å². The zero-order chi connectivity index (χ0) is 11.8. The monoisotopic (exact) mass is 251 g/mol. The fraction of sp³-hybridized carbons (Fsp3) is 0.667. The lowest BCUT2D eigenvalue weighted by atomic mass is 10.2. The predicted octanol–water partition coefficient (Wildman–Crippen LogP) is 1.87. The molecule has 1 amide bonds. The van der Waals surface area contributed by atoms with Crippen LogP contribution in [0.15, 0.2) is 0 Å². The molecule has 4 nitrogen and oxygen atoms in total. The number of hydrogen-bond acceptors (Lipinski definition) is 4. The van der Waals surface area contributed by atoms with Crippen LogP contribution in [0.25, 0.3) is 0 Å². The molecule has 92 valence electrons. The SMILES string of the molecule is CCN1CCc2nc(NC(=O)C3CC3)sc2C1. The molecule has 0 bridgehead atoms. The van der Waals surface area contributed by atoms with Crippen LogP contribution in [0.2, 0.25) is 0 Å². The van der Waals surface area contributed by atoms with E-state index in [1.807, 2.05) is 0 Å².